The highest BCUT2D eigenvalue weighted by Gasteiger charge is 2.26. The van der Waals surface area contributed by atoms with E-state index in [9.17, 15) is 0 Å². The van der Waals surface area contributed by atoms with Gasteiger partial charge in [-0.05, 0) is 93.0 Å². The Balaban J connectivity index is 1.03. The zero-order valence-corrected chi connectivity index (χ0v) is 40.5. The van der Waals surface area contributed by atoms with Gasteiger partial charge in [0.05, 0.1) is 22.1 Å². The van der Waals surface area contributed by atoms with E-state index in [1.165, 1.54) is 0 Å². The molecule has 6 heteroatoms. The maximum absolute atomic E-state index is 6.75. The third-order valence-electron chi connectivity index (χ3n) is 14.8. The van der Waals surface area contributed by atoms with Crippen molar-refractivity contribution in [1.29, 1.82) is 0 Å². The monoisotopic (exact) mass is 957 g/mol. The van der Waals surface area contributed by atoms with Crippen molar-refractivity contribution in [2.24, 2.45) is 0 Å². The summed E-state index contributed by atoms with van der Waals surface area (Å²) in [5.74, 6) is 1.62. The summed E-state index contributed by atoms with van der Waals surface area (Å²) in [4.78, 5) is 16.5. The van der Waals surface area contributed by atoms with Crippen LogP contribution in [0.2, 0.25) is 0 Å². The van der Waals surface area contributed by atoms with Gasteiger partial charge in [0.1, 0.15) is 11.2 Å². The molecule has 4 aromatic heterocycles. The lowest BCUT2D eigenvalue weighted by atomic mass is 9.94. The van der Waals surface area contributed by atoms with Crippen molar-refractivity contribution in [3.05, 3.63) is 261 Å². The average molecular weight is 958 g/mol. The van der Waals surface area contributed by atoms with Crippen LogP contribution in [0.3, 0.4) is 0 Å². The molecule has 4 heterocycles. The summed E-state index contributed by atoms with van der Waals surface area (Å²) < 4.78 is 11.5. The fourth-order valence-electron chi connectivity index (χ4n) is 11.4. The van der Waals surface area contributed by atoms with Crippen molar-refractivity contribution in [1.82, 2.24) is 24.1 Å². The Morgan fingerprint density at radius 3 is 1.33 bits per heavy atom. The standard InChI is InChI=1S/C69H43N5O/c1-5-20-44(21-6-1)48-28-17-29-49(40-48)53-32-18-36-61-63(53)64-58(33-19-37-62(64)75-61)68-70-67(47-26-11-4-12-27-47)71-69(72-68)74-60-35-16-14-31-55(60)57-39-38-56-54-30-13-15-34-59(54)73(65(56)66(57)74)52-42-50(45-22-7-2-8-23-45)41-51(43-52)46-24-9-3-10-25-46/h1-43H. The molecule has 75 heavy (non-hydrogen) atoms. The molecule has 0 amide bonds. The summed E-state index contributed by atoms with van der Waals surface area (Å²) in [7, 11) is 0. The fourth-order valence-corrected chi connectivity index (χ4v) is 11.4. The van der Waals surface area contributed by atoms with Crippen LogP contribution >= 0.6 is 0 Å². The molecular formula is C69H43N5O. The minimum Gasteiger partial charge on any atom is -0.456 e. The Morgan fingerprint density at radius 2 is 0.720 bits per heavy atom. The van der Waals surface area contributed by atoms with Gasteiger partial charge < -0.3 is 8.98 Å². The van der Waals surface area contributed by atoms with Crippen LogP contribution in [0.5, 0.6) is 0 Å². The van der Waals surface area contributed by atoms with E-state index in [1.807, 2.05) is 30.3 Å². The summed E-state index contributed by atoms with van der Waals surface area (Å²) in [6.45, 7) is 0. The van der Waals surface area contributed by atoms with E-state index in [-0.39, 0.29) is 0 Å². The van der Waals surface area contributed by atoms with Gasteiger partial charge in [0.2, 0.25) is 5.95 Å². The second-order valence-electron chi connectivity index (χ2n) is 19.1. The molecule has 350 valence electrons. The molecule has 0 spiro atoms. The second kappa shape index (κ2) is 17.3. The molecular weight excluding hydrogens is 915 g/mol. The number of hydrogen-bond acceptors (Lipinski definition) is 4. The summed E-state index contributed by atoms with van der Waals surface area (Å²) in [6, 6.07) is 92.3. The number of fused-ring (bicyclic) bond motifs is 10. The predicted octanol–water partition coefficient (Wildman–Crippen LogP) is 18.0. The SMILES string of the molecule is c1ccc(-c2cccc(-c3cccc4oc5cccc(-c6nc(-c7ccccc7)nc(-n7c8ccccc8c8ccc9c%10ccccc%10n(-c%10cc(-c%11ccccc%11)cc(-c%11ccccc%11)c%10)c9c87)n6)c5c34)c2)cc1. The van der Waals surface area contributed by atoms with Crippen LogP contribution in [0.1, 0.15) is 0 Å². The quantitative estimate of drug-likeness (QED) is 0.152. The number of nitrogens with zero attached hydrogens (tertiary/aromatic N) is 5. The lowest BCUT2D eigenvalue weighted by molar-refractivity contribution is 0.669. The van der Waals surface area contributed by atoms with E-state index >= 15 is 0 Å². The zero-order chi connectivity index (χ0) is 49.4. The van der Waals surface area contributed by atoms with Crippen molar-refractivity contribution in [2.75, 3.05) is 0 Å². The molecule has 0 aliphatic rings. The Bertz CT molecular complexity index is 4630. The van der Waals surface area contributed by atoms with E-state index in [1.54, 1.807) is 0 Å². The van der Waals surface area contributed by atoms with Gasteiger partial charge in [-0.3, -0.25) is 4.57 Å². The molecule has 0 saturated heterocycles. The first-order valence-electron chi connectivity index (χ1n) is 25.3. The molecule has 0 fully saturated rings. The van der Waals surface area contributed by atoms with Gasteiger partial charge in [0.15, 0.2) is 11.6 Å². The predicted molar refractivity (Wildman–Crippen MR) is 308 cm³/mol. The first kappa shape index (κ1) is 42.5. The lowest BCUT2D eigenvalue weighted by Gasteiger charge is -2.16. The summed E-state index contributed by atoms with van der Waals surface area (Å²) >= 11 is 0. The molecule has 6 nitrogen and oxygen atoms in total. The number of benzene rings is 11. The van der Waals surface area contributed by atoms with E-state index in [0.29, 0.717) is 17.6 Å². The van der Waals surface area contributed by atoms with Crippen molar-refractivity contribution in [3.63, 3.8) is 0 Å². The smallest absolute Gasteiger partial charge is 0.238 e. The highest BCUT2D eigenvalue weighted by Crippen LogP contribution is 2.45. The highest BCUT2D eigenvalue weighted by atomic mass is 16.3. The van der Waals surface area contributed by atoms with Crippen LogP contribution in [0.4, 0.5) is 0 Å². The largest absolute Gasteiger partial charge is 0.456 e. The fraction of sp³-hybridized carbons (Fsp3) is 0. The van der Waals surface area contributed by atoms with E-state index in [0.717, 1.165) is 127 Å². The summed E-state index contributed by atoms with van der Waals surface area (Å²) in [6.07, 6.45) is 0. The van der Waals surface area contributed by atoms with Crippen molar-refractivity contribution in [2.45, 2.75) is 0 Å². The third-order valence-corrected chi connectivity index (χ3v) is 14.8. The zero-order valence-electron chi connectivity index (χ0n) is 40.5. The van der Waals surface area contributed by atoms with Crippen molar-refractivity contribution < 1.29 is 4.42 Å². The number of para-hydroxylation sites is 2. The van der Waals surface area contributed by atoms with Gasteiger partial charge in [0, 0.05) is 49.1 Å². The normalized spacial score (nSPS) is 11.7. The molecule has 11 aromatic carbocycles. The molecule has 0 atom stereocenters. The van der Waals surface area contributed by atoms with Crippen LogP contribution in [0, 0.1) is 0 Å². The van der Waals surface area contributed by atoms with E-state index in [4.69, 9.17) is 19.4 Å². The molecule has 0 aliphatic carbocycles. The molecule has 0 aliphatic heterocycles. The Labute approximate surface area is 431 Å². The lowest BCUT2D eigenvalue weighted by Crippen LogP contribution is -2.07. The first-order chi connectivity index (χ1) is 37.2. The van der Waals surface area contributed by atoms with Crippen molar-refractivity contribution in [3.8, 4) is 78.9 Å². The van der Waals surface area contributed by atoms with Gasteiger partial charge in [-0.25, -0.2) is 4.98 Å². The maximum atomic E-state index is 6.75. The van der Waals surface area contributed by atoms with Crippen LogP contribution in [0.15, 0.2) is 265 Å². The summed E-state index contributed by atoms with van der Waals surface area (Å²) in [5.41, 5.74) is 17.5. The van der Waals surface area contributed by atoms with Gasteiger partial charge >= 0.3 is 0 Å². The summed E-state index contributed by atoms with van der Waals surface area (Å²) in [5, 5.41) is 6.43. The minimum absolute atomic E-state index is 0.512. The van der Waals surface area contributed by atoms with E-state index < -0.39 is 0 Å². The molecule has 0 unspecified atom stereocenters. The maximum Gasteiger partial charge on any atom is 0.238 e. The van der Waals surface area contributed by atoms with Gasteiger partial charge in [-0.2, -0.15) is 9.97 Å². The minimum atomic E-state index is 0.512. The Hall–Kier alpha value is -10.2. The topological polar surface area (TPSA) is 61.7 Å². The Morgan fingerprint density at radius 1 is 0.280 bits per heavy atom. The van der Waals surface area contributed by atoms with Crippen LogP contribution in [-0.4, -0.2) is 24.1 Å². The molecule has 0 N–H and O–H groups in total. The van der Waals surface area contributed by atoms with Gasteiger partial charge in [-0.1, -0.05) is 212 Å². The molecule has 15 rings (SSSR count). The molecule has 0 radical (unpaired) electrons. The number of furan rings is 1. The van der Waals surface area contributed by atoms with Gasteiger partial charge in [-0.15, -0.1) is 0 Å². The number of hydrogen-bond donors (Lipinski definition) is 0. The van der Waals surface area contributed by atoms with Crippen molar-refractivity contribution >= 4 is 65.6 Å². The third kappa shape index (κ3) is 6.99. The van der Waals surface area contributed by atoms with Crippen LogP contribution < -0.4 is 0 Å². The highest BCUT2D eigenvalue weighted by molar-refractivity contribution is 6.24. The first-order valence-corrected chi connectivity index (χ1v) is 25.3. The van der Waals surface area contributed by atoms with Crippen LogP contribution in [-0.2, 0) is 0 Å². The Kier molecular flexibility index (Phi) is 9.78. The molecule has 0 saturated carbocycles. The number of aromatic nitrogens is 5. The molecule has 15 aromatic rings. The van der Waals surface area contributed by atoms with Crippen LogP contribution in [0.25, 0.3) is 144 Å². The van der Waals surface area contributed by atoms with E-state index in [2.05, 4.69) is 240 Å². The molecule has 0 bridgehead atoms. The number of rotatable bonds is 8. The second-order valence-corrected chi connectivity index (χ2v) is 19.1. The average Bonchev–Trinajstić information content (AvgIpc) is 4.21. The van der Waals surface area contributed by atoms with Gasteiger partial charge in [0.25, 0.3) is 0 Å².